The Morgan fingerprint density at radius 3 is 2.44 bits per heavy atom. The molecule has 0 amide bonds. The van der Waals surface area contributed by atoms with Crippen molar-refractivity contribution in [3.63, 3.8) is 0 Å². The summed E-state index contributed by atoms with van der Waals surface area (Å²) in [5, 5.41) is 0.520. The monoisotopic (exact) mass is 276 g/mol. The fourth-order valence-electron chi connectivity index (χ4n) is 1.55. The van der Waals surface area contributed by atoms with Crippen LogP contribution in [0.3, 0.4) is 0 Å². The van der Waals surface area contributed by atoms with Crippen LogP contribution in [-0.4, -0.2) is 11.5 Å². The topological polar surface area (TPSA) is 17.1 Å². The molecule has 0 radical (unpaired) electrons. The number of thioether (sulfide) groups is 1. The van der Waals surface area contributed by atoms with Crippen LogP contribution < -0.4 is 0 Å². The van der Waals surface area contributed by atoms with E-state index in [1.165, 1.54) is 17.3 Å². The molecule has 0 aliphatic heterocycles. The third kappa shape index (κ3) is 3.37. The summed E-state index contributed by atoms with van der Waals surface area (Å²) in [5.74, 6) is 0.471. The highest BCUT2D eigenvalue weighted by molar-refractivity contribution is 8.00. The maximum Gasteiger partial charge on any atom is 0.174 e. The van der Waals surface area contributed by atoms with Crippen molar-refractivity contribution in [1.82, 2.24) is 0 Å². The van der Waals surface area contributed by atoms with Gasteiger partial charge in [-0.25, -0.2) is 0 Å². The zero-order valence-corrected chi connectivity index (χ0v) is 11.6. The molecule has 2 aromatic rings. The maximum atomic E-state index is 12.0. The molecule has 0 bridgehead atoms. The predicted octanol–water partition coefficient (Wildman–Crippen LogP) is 4.62. The molecule has 0 fully saturated rings. The molecule has 92 valence electrons. The van der Waals surface area contributed by atoms with E-state index in [0.717, 1.165) is 4.90 Å². The number of halogens is 1. The summed E-state index contributed by atoms with van der Waals surface area (Å²) in [4.78, 5) is 13.1. The Labute approximate surface area is 116 Å². The number of hydrogen-bond donors (Lipinski definition) is 0. The molecule has 0 aliphatic carbocycles. The molecule has 0 atom stereocenters. The van der Waals surface area contributed by atoms with E-state index in [4.69, 9.17) is 11.6 Å². The molecule has 2 aromatic carbocycles. The van der Waals surface area contributed by atoms with Gasteiger partial charge in [0.1, 0.15) is 0 Å². The Morgan fingerprint density at radius 1 is 1.11 bits per heavy atom. The van der Waals surface area contributed by atoms with E-state index in [1.54, 1.807) is 12.1 Å². The molecule has 0 saturated carbocycles. The van der Waals surface area contributed by atoms with Crippen molar-refractivity contribution >= 4 is 29.1 Å². The fraction of sp³-hybridized carbons (Fsp3) is 0.133. The number of carbonyl (C=O) groups is 1. The average Bonchev–Trinajstić information content (AvgIpc) is 2.38. The van der Waals surface area contributed by atoms with E-state index in [9.17, 15) is 4.79 Å². The van der Waals surface area contributed by atoms with Crippen LogP contribution in [0.25, 0.3) is 0 Å². The smallest absolute Gasteiger partial charge is 0.174 e. The summed E-state index contributed by atoms with van der Waals surface area (Å²) in [6.07, 6.45) is 0. The third-order valence-electron chi connectivity index (χ3n) is 2.57. The molecule has 18 heavy (non-hydrogen) atoms. The van der Waals surface area contributed by atoms with Gasteiger partial charge in [-0.1, -0.05) is 41.4 Å². The van der Waals surface area contributed by atoms with Crippen LogP contribution >= 0.6 is 23.4 Å². The van der Waals surface area contributed by atoms with Gasteiger partial charge in [-0.05, 0) is 31.2 Å². The van der Waals surface area contributed by atoms with Gasteiger partial charge in [-0.3, -0.25) is 4.79 Å². The zero-order valence-electron chi connectivity index (χ0n) is 10.0. The molecular weight excluding hydrogens is 264 g/mol. The van der Waals surface area contributed by atoms with Gasteiger partial charge in [0, 0.05) is 10.5 Å². The molecule has 0 spiro atoms. The van der Waals surface area contributed by atoms with Gasteiger partial charge in [0.25, 0.3) is 0 Å². The summed E-state index contributed by atoms with van der Waals surface area (Å²) in [6, 6.07) is 15.3. The summed E-state index contributed by atoms with van der Waals surface area (Å²) < 4.78 is 0. The number of benzene rings is 2. The maximum absolute atomic E-state index is 12.0. The predicted molar refractivity (Wildman–Crippen MR) is 77.7 cm³/mol. The second kappa shape index (κ2) is 6.07. The minimum Gasteiger partial charge on any atom is -0.293 e. The number of aryl methyl sites for hydroxylation is 1. The molecule has 0 N–H and O–H groups in total. The van der Waals surface area contributed by atoms with Crippen molar-refractivity contribution in [2.24, 2.45) is 0 Å². The van der Waals surface area contributed by atoms with Crippen LogP contribution in [0.4, 0.5) is 0 Å². The van der Waals surface area contributed by atoms with E-state index in [1.807, 2.05) is 43.3 Å². The number of carbonyl (C=O) groups excluding carboxylic acids is 1. The average molecular weight is 277 g/mol. The highest BCUT2D eigenvalue weighted by Crippen LogP contribution is 2.22. The normalized spacial score (nSPS) is 10.3. The van der Waals surface area contributed by atoms with Crippen LogP contribution in [-0.2, 0) is 0 Å². The van der Waals surface area contributed by atoms with Crippen molar-refractivity contribution in [3.8, 4) is 0 Å². The van der Waals surface area contributed by atoms with Crippen molar-refractivity contribution < 1.29 is 4.79 Å². The Hall–Kier alpha value is -1.25. The largest absolute Gasteiger partial charge is 0.293 e. The molecular formula is C15H13ClOS. The Kier molecular flexibility index (Phi) is 4.45. The quantitative estimate of drug-likeness (QED) is 0.598. The van der Waals surface area contributed by atoms with Gasteiger partial charge >= 0.3 is 0 Å². The van der Waals surface area contributed by atoms with E-state index in [2.05, 4.69) is 0 Å². The fourth-order valence-corrected chi connectivity index (χ4v) is 2.57. The van der Waals surface area contributed by atoms with Crippen molar-refractivity contribution in [3.05, 3.63) is 64.7 Å². The minimum absolute atomic E-state index is 0.0613. The summed E-state index contributed by atoms with van der Waals surface area (Å²) in [5.41, 5.74) is 1.82. The zero-order chi connectivity index (χ0) is 13.0. The minimum atomic E-state index is 0.0613. The first kappa shape index (κ1) is 13.2. The van der Waals surface area contributed by atoms with Gasteiger partial charge in [-0.2, -0.15) is 0 Å². The number of ketones is 1. The van der Waals surface area contributed by atoms with Crippen molar-refractivity contribution in [1.29, 1.82) is 0 Å². The van der Waals surface area contributed by atoms with Crippen LogP contribution in [0.1, 0.15) is 15.9 Å². The first-order valence-electron chi connectivity index (χ1n) is 5.64. The summed E-state index contributed by atoms with van der Waals surface area (Å²) in [6.45, 7) is 2.04. The Morgan fingerprint density at radius 2 is 1.78 bits per heavy atom. The first-order chi connectivity index (χ1) is 8.66. The molecule has 0 aromatic heterocycles. The van der Waals surface area contributed by atoms with Crippen molar-refractivity contribution in [2.45, 2.75) is 11.8 Å². The molecule has 0 unspecified atom stereocenters. The lowest BCUT2D eigenvalue weighted by Crippen LogP contribution is -2.02. The van der Waals surface area contributed by atoms with Gasteiger partial charge in [0.15, 0.2) is 5.78 Å². The first-order valence-corrected chi connectivity index (χ1v) is 7.00. The molecule has 1 nitrogen and oxygen atoms in total. The molecule has 3 heteroatoms. The molecule has 0 saturated heterocycles. The van der Waals surface area contributed by atoms with Crippen LogP contribution in [0.15, 0.2) is 53.4 Å². The van der Waals surface area contributed by atoms with Crippen LogP contribution in [0, 0.1) is 6.92 Å². The van der Waals surface area contributed by atoms with Gasteiger partial charge in [0.05, 0.1) is 10.8 Å². The van der Waals surface area contributed by atoms with Crippen LogP contribution in [0.2, 0.25) is 5.02 Å². The van der Waals surface area contributed by atoms with Gasteiger partial charge in [-0.15, -0.1) is 11.8 Å². The second-order valence-corrected chi connectivity index (χ2v) is 5.46. The van der Waals surface area contributed by atoms with Gasteiger partial charge < -0.3 is 0 Å². The highest BCUT2D eigenvalue weighted by Gasteiger charge is 2.09. The van der Waals surface area contributed by atoms with Gasteiger partial charge in [0.2, 0.25) is 0 Å². The molecule has 2 rings (SSSR count). The third-order valence-corrected chi connectivity index (χ3v) is 3.91. The lowest BCUT2D eigenvalue weighted by Gasteiger charge is -2.03. The second-order valence-electron chi connectivity index (χ2n) is 4.00. The Bertz CT molecular complexity index is 549. The number of Topliss-reactive ketones (excluding diaryl/α,β-unsaturated/α-hetero) is 1. The number of hydrogen-bond acceptors (Lipinski definition) is 2. The van der Waals surface area contributed by atoms with E-state index < -0.39 is 0 Å². The molecule has 0 heterocycles. The van der Waals surface area contributed by atoms with Crippen molar-refractivity contribution in [2.75, 3.05) is 5.75 Å². The highest BCUT2D eigenvalue weighted by atomic mass is 35.5. The summed E-state index contributed by atoms with van der Waals surface area (Å²) >= 11 is 7.52. The van der Waals surface area contributed by atoms with E-state index in [-0.39, 0.29) is 5.78 Å². The lowest BCUT2D eigenvalue weighted by molar-refractivity contribution is 0.102. The number of rotatable bonds is 4. The summed E-state index contributed by atoms with van der Waals surface area (Å²) in [7, 11) is 0. The Balaban J connectivity index is 2.01. The van der Waals surface area contributed by atoms with Crippen LogP contribution in [0.5, 0.6) is 0 Å². The van der Waals surface area contributed by atoms with E-state index >= 15 is 0 Å². The lowest BCUT2D eigenvalue weighted by atomic mass is 10.1. The van der Waals surface area contributed by atoms with E-state index in [0.29, 0.717) is 16.3 Å². The SMILES string of the molecule is Cc1ccc(SCC(=O)c2ccccc2Cl)cc1. The molecule has 0 aliphatic rings. The standard InChI is InChI=1S/C15H13ClOS/c1-11-6-8-12(9-7-11)18-10-15(17)13-4-2-3-5-14(13)16/h2-9H,10H2,1H3.